The van der Waals surface area contributed by atoms with Gasteiger partial charge in [-0.2, -0.15) is 5.26 Å². The zero-order valence-electron chi connectivity index (χ0n) is 13.9. The molecule has 0 spiro atoms. The number of nitro groups is 1. The summed E-state index contributed by atoms with van der Waals surface area (Å²) < 4.78 is 5.58. The fourth-order valence-corrected chi connectivity index (χ4v) is 2.04. The third-order valence-corrected chi connectivity index (χ3v) is 3.35. The van der Waals surface area contributed by atoms with E-state index in [0.29, 0.717) is 11.3 Å². The zero-order valence-corrected chi connectivity index (χ0v) is 13.9. The Labute approximate surface area is 153 Å². The molecule has 27 heavy (non-hydrogen) atoms. The molecule has 0 atom stereocenters. The van der Waals surface area contributed by atoms with Crippen molar-refractivity contribution in [3.8, 4) is 11.8 Å². The predicted molar refractivity (Wildman–Crippen MR) is 95.2 cm³/mol. The molecular weight excluding hydrogens is 352 g/mol. The lowest BCUT2D eigenvalue weighted by Crippen LogP contribution is -2.35. The number of ether oxygens (including phenoxy) is 1. The van der Waals surface area contributed by atoms with E-state index in [1.807, 2.05) is 5.32 Å². The number of nitrogens with one attached hydrogen (secondary N) is 1. The van der Waals surface area contributed by atoms with E-state index in [1.165, 1.54) is 18.2 Å². The number of nitrogens with zero attached hydrogens (tertiary/aromatic N) is 2. The number of hydrogen-bond acceptors (Lipinski definition) is 6. The first-order chi connectivity index (χ1) is 12.9. The molecule has 3 amide bonds. The van der Waals surface area contributed by atoms with E-state index >= 15 is 0 Å². The molecule has 0 aliphatic heterocycles. The molecule has 0 radical (unpaired) electrons. The number of non-ortho nitro benzene ring substituents is 1. The van der Waals surface area contributed by atoms with E-state index in [-0.39, 0.29) is 17.9 Å². The van der Waals surface area contributed by atoms with Crippen LogP contribution in [-0.4, -0.2) is 16.9 Å². The second-order valence-corrected chi connectivity index (χ2v) is 5.27. The van der Waals surface area contributed by atoms with Crippen molar-refractivity contribution >= 4 is 23.7 Å². The van der Waals surface area contributed by atoms with Crippen molar-refractivity contribution < 1.29 is 19.2 Å². The molecule has 9 heteroatoms. The van der Waals surface area contributed by atoms with Crippen LogP contribution in [0.4, 0.5) is 10.5 Å². The van der Waals surface area contributed by atoms with Crippen molar-refractivity contribution in [2.24, 2.45) is 5.73 Å². The Hall–Kier alpha value is -4.19. The lowest BCUT2D eigenvalue weighted by Gasteiger charge is -2.06. The summed E-state index contributed by atoms with van der Waals surface area (Å²) in [5, 5.41) is 21.4. The summed E-state index contributed by atoms with van der Waals surface area (Å²) in [7, 11) is 0. The molecular formula is C18H14N4O5. The summed E-state index contributed by atoms with van der Waals surface area (Å²) >= 11 is 0. The molecule has 0 saturated heterocycles. The van der Waals surface area contributed by atoms with Gasteiger partial charge in [-0.15, -0.1) is 0 Å². The largest absolute Gasteiger partial charge is 0.489 e. The van der Waals surface area contributed by atoms with Gasteiger partial charge in [0.05, 0.1) is 4.92 Å². The summed E-state index contributed by atoms with van der Waals surface area (Å²) in [5.41, 5.74) is 5.89. The van der Waals surface area contributed by atoms with Crippen LogP contribution in [0.5, 0.6) is 5.75 Å². The second kappa shape index (κ2) is 8.77. The van der Waals surface area contributed by atoms with Crippen LogP contribution in [0.2, 0.25) is 0 Å². The van der Waals surface area contributed by atoms with Gasteiger partial charge in [0, 0.05) is 12.1 Å². The Kier molecular flexibility index (Phi) is 6.22. The van der Waals surface area contributed by atoms with E-state index in [9.17, 15) is 19.7 Å². The summed E-state index contributed by atoms with van der Waals surface area (Å²) in [6.07, 6.45) is 1.30. The highest BCUT2D eigenvalue weighted by Gasteiger charge is 2.10. The molecule has 0 fully saturated rings. The van der Waals surface area contributed by atoms with Gasteiger partial charge in [0.15, 0.2) is 0 Å². The monoisotopic (exact) mass is 366 g/mol. The average molecular weight is 366 g/mol. The Morgan fingerprint density at radius 2 is 1.81 bits per heavy atom. The summed E-state index contributed by atoms with van der Waals surface area (Å²) in [5.74, 6) is -0.353. The number of benzene rings is 2. The first-order valence-electron chi connectivity index (χ1n) is 7.58. The van der Waals surface area contributed by atoms with Crippen molar-refractivity contribution in [3.63, 3.8) is 0 Å². The molecule has 0 unspecified atom stereocenters. The topological polar surface area (TPSA) is 148 Å². The number of carbonyl (C=O) groups excluding carboxylic acids is 2. The Morgan fingerprint density at radius 1 is 1.19 bits per heavy atom. The maximum Gasteiger partial charge on any atom is 0.319 e. The molecule has 2 rings (SSSR count). The predicted octanol–water partition coefficient (Wildman–Crippen LogP) is 2.28. The third kappa shape index (κ3) is 5.68. The van der Waals surface area contributed by atoms with E-state index in [1.54, 1.807) is 42.5 Å². The van der Waals surface area contributed by atoms with Gasteiger partial charge in [0.25, 0.3) is 11.6 Å². The van der Waals surface area contributed by atoms with E-state index in [0.717, 1.165) is 5.56 Å². The number of carbonyl (C=O) groups is 2. The summed E-state index contributed by atoms with van der Waals surface area (Å²) in [4.78, 5) is 32.4. The van der Waals surface area contributed by atoms with E-state index in [4.69, 9.17) is 15.7 Å². The van der Waals surface area contributed by atoms with Crippen LogP contribution in [0.15, 0.2) is 54.1 Å². The van der Waals surface area contributed by atoms with Crippen LogP contribution in [0.25, 0.3) is 6.08 Å². The number of amides is 3. The molecule has 2 aromatic carbocycles. The molecule has 0 aromatic heterocycles. The number of urea groups is 1. The van der Waals surface area contributed by atoms with Crippen LogP contribution >= 0.6 is 0 Å². The van der Waals surface area contributed by atoms with Gasteiger partial charge in [0.1, 0.15) is 24.0 Å². The van der Waals surface area contributed by atoms with Crippen molar-refractivity contribution in [1.82, 2.24) is 5.32 Å². The van der Waals surface area contributed by atoms with Crippen LogP contribution in [0.3, 0.4) is 0 Å². The van der Waals surface area contributed by atoms with Crippen molar-refractivity contribution in [2.45, 2.75) is 6.61 Å². The number of nitrogens with two attached hydrogens (primary N) is 1. The highest BCUT2D eigenvalue weighted by molar-refractivity contribution is 6.08. The Balaban J connectivity index is 2.01. The molecule has 0 heterocycles. The fraction of sp³-hybridized carbons (Fsp3) is 0.0556. The van der Waals surface area contributed by atoms with Gasteiger partial charge in [-0.3, -0.25) is 20.2 Å². The maximum atomic E-state index is 11.6. The average Bonchev–Trinajstić information content (AvgIpc) is 2.65. The number of nitriles is 1. The van der Waals surface area contributed by atoms with Crippen molar-refractivity contribution in [3.05, 3.63) is 75.3 Å². The molecule has 0 aliphatic carbocycles. The van der Waals surface area contributed by atoms with Crippen LogP contribution in [0, 0.1) is 21.4 Å². The molecule has 136 valence electrons. The van der Waals surface area contributed by atoms with E-state index in [2.05, 4.69) is 0 Å². The zero-order chi connectivity index (χ0) is 19.8. The molecule has 2 aromatic rings. The van der Waals surface area contributed by atoms with Gasteiger partial charge in [-0.05, 0) is 41.5 Å². The molecule has 0 bridgehead atoms. The maximum absolute atomic E-state index is 11.6. The van der Waals surface area contributed by atoms with Crippen LogP contribution < -0.4 is 15.8 Å². The molecule has 0 saturated carbocycles. The molecule has 9 nitrogen and oxygen atoms in total. The summed E-state index contributed by atoms with van der Waals surface area (Å²) in [6.45, 7) is 0.220. The highest BCUT2D eigenvalue weighted by Crippen LogP contribution is 2.17. The van der Waals surface area contributed by atoms with Gasteiger partial charge >= 0.3 is 6.03 Å². The SMILES string of the molecule is N#C/C(=C/c1ccc(OCc2ccc([N+](=O)[O-])cc2)cc1)C(=O)NC(N)=O. The number of primary amides is 1. The Bertz CT molecular complexity index is 928. The molecule has 0 aliphatic rings. The quantitative estimate of drug-likeness (QED) is 0.347. The van der Waals surface area contributed by atoms with Crippen LogP contribution in [0.1, 0.15) is 11.1 Å². The van der Waals surface area contributed by atoms with Gasteiger partial charge in [-0.1, -0.05) is 12.1 Å². The van der Waals surface area contributed by atoms with E-state index < -0.39 is 16.9 Å². The number of imide groups is 1. The fourth-order valence-electron chi connectivity index (χ4n) is 2.04. The standard InChI is InChI=1S/C18H14N4O5/c19-10-14(17(23)21-18(20)24)9-12-3-7-16(8-4-12)27-11-13-1-5-15(6-2-13)22(25)26/h1-9H,11H2,(H3,20,21,23,24)/b14-9-. The van der Waals surface area contributed by atoms with Gasteiger partial charge < -0.3 is 10.5 Å². The second-order valence-electron chi connectivity index (χ2n) is 5.27. The molecule has 3 N–H and O–H groups in total. The highest BCUT2D eigenvalue weighted by atomic mass is 16.6. The van der Waals surface area contributed by atoms with Crippen molar-refractivity contribution in [2.75, 3.05) is 0 Å². The normalized spacial score (nSPS) is 10.6. The minimum Gasteiger partial charge on any atom is -0.489 e. The number of hydrogen-bond donors (Lipinski definition) is 2. The van der Waals surface area contributed by atoms with Crippen molar-refractivity contribution in [1.29, 1.82) is 5.26 Å². The minimum atomic E-state index is -1.05. The van der Waals surface area contributed by atoms with Crippen LogP contribution in [-0.2, 0) is 11.4 Å². The lowest BCUT2D eigenvalue weighted by molar-refractivity contribution is -0.384. The first kappa shape index (κ1) is 19.1. The smallest absolute Gasteiger partial charge is 0.319 e. The number of rotatable bonds is 6. The lowest BCUT2D eigenvalue weighted by atomic mass is 10.1. The van der Waals surface area contributed by atoms with Gasteiger partial charge in [0.2, 0.25) is 0 Å². The minimum absolute atomic E-state index is 0.00330. The summed E-state index contributed by atoms with van der Waals surface area (Å²) in [6, 6.07) is 13.2. The van der Waals surface area contributed by atoms with Gasteiger partial charge in [-0.25, -0.2) is 4.79 Å². The third-order valence-electron chi connectivity index (χ3n) is 3.35. The first-order valence-corrected chi connectivity index (χ1v) is 7.58. The Morgan fingerprint density at radius 3 is 2.33 bits per heavy atom. The number of nitro benzene ring substituents is 1.